The number of ether oxygens (including phenoxy) is 1. The Morgan fingerprint density at radius 1 is 1.00 bits per heavy atom. The lowest BCUT2D eigenvalue weighted by molar-refractivity contribution is 0.0943. The van der Waals surface area contributed by atoms with Crippen molar-refractivity contribution < 1.29 is 18.7 Å². The van der Waals surface area contributed by atoms with E-state index in [0.29, 0.717) is 34.9 Å². The molecule has 1 fully saturated rings. The van der Waals surface area contributed by atoms with E-state index in [-0.39, 0.29) is 36.3 Å². The minimum absolute atomic E-state index is 0.0411. The highest BCUT2D eigenvalue weighted by Gasteiger charge is 2.24. The number of rotatable bonds is 11. The molecule has 2 amide bonds. The molecular formula is C34H33FN6O3. The van der Waals surface area contributed by atoms with Crippen LogP contribution in [-0.2, 0) is 13.1 Å². The third kappa shape index (κ3) is 6.86. The van der Waals surface area contributed by atoms with Crippen LogP contribution in [0.15, 0.2) is 79.3 Å². The van der Waals surface area contributed by atoms with Crippen LogP contribution in [0.2, 0.25) is 0 Å². The molecule has 9 nitrogen and oxygen atoms in total. The number of carbonyl (C=O) groups is 2. The summed E-state index contributed by atoms with van der Waals surface area (Å²) in [4.78, 5) is 37.9. The molecule has 0 spiro atoms. The van der Waals surface area contributed by atoms with Crippen LogP contribution in [0.5, 0.6) is 5.75 Å². The van der Waals surface area contributed by atoms with Gasteiger partial charge < -0.3 is 25.7 Å². The van der Waals surface area contributed by atoms with Crippen LogP contribution in [-0.4, -0.2) is 38.9 Å². The number of hydrogen-bond acceptors (Lipinski definition) is 6. The highest BCUT2D eigenvalue weighted by Crippen LogP contribution is 2.33. The summed E-state index contributed by atoms with van der Waals surface area (Å²) in [6.07, 6.45) is 7.08. The molecule has 224 valence electrons. The van der Waals surface area contributed by atoms with E-state index in [4.69, 9.17) is 4.74 Å². The predicted octanol–water partition coefficient (Wildman–Crippen LogP) is 5.99. The van der Waals surface area contributed by atoms with Crippen molar-refractivity contribution in [2.75, 3.05) is 5.32 Å². The number of anilines is 1. The Balaban J connectivity index is 1.24. The topological polar surface area (TPSA) is 121 Å². The van der Waals surface area contributed by atoms with E-state index in [0.717, 1.165) is 40.5 Å². The third-order valence-corrected chi connectivity index (χ3v) is 7.23. The summed E-state index contributed by atoms with van der Waals surface area (Å²) in [7, 11) is 0. The fourth-order valence-electron chi connectivity index (χ4n) is 4.92. The van der Waals surface area contributed by atoms with Gasteiger partial charge in [-0.25, -0.2) is 14.4 Å². The van der Waals surface area contributed by atoms with Crippen LogP contribution >= 0.6 is 0 Å². The first-order valence-corrected chi connectivity index (χ1v) is 14.6. The Labute approximate surface area is 254 Å². The van der Waals surface area contributed by atoms with Gasteiger partial charge in [-0.05, 0) is 91.9 Å². The van der Waals surface area contributed by atoms with Gasteiger partial charge in [-0.2, -0.15) is 0 Å². The number of aromatic nitrogens is 3. The van der Waals surface area contributed by atoms with E-state index in [1.54, 1.807) is 36.7 Å². The molecule has 0 saturated heterocycles. The van der Waals surface area contributed by atoms with Gasteiger partial charge in [-0.1, -0.05) is 12.1 Å². The number of halogens is 1. The summed E-state index contributed by atoms with van der Waals surface area (Å²) in [6.45, 7) is 4.56. The average molecular weight is 593 g/mol. The first-order chi connectivity index (χ1) is 21.3. The van der Waals surface area contributed by atoms with Crippen molar-refractivity contribution in [3.8, 4) is 16.9 Å². The summed E-state index contributed by atoms with van der Waals surface area (Å²) in [5.41, 5.74) is 5.07. The van der Waals surface area contributed by atoms with E-state index in [9.17, 15) is 14.0 Å². The van der Waals surface area contributed by atoms with Crippen LogP contribution in [0.3, 0.4) is 0 Å². The molecule has 0 bridgehead atoms. The summed E-state index contributed by atoms with van der Waals surface area (Å²) in [5.74, 6) is 0.382. The van der Waals surface area contributed by atoms with Crippen molar-refractivity contribution in [3.63, 3.8) is 0 Å². The highest BCUT2D eigenvalue weighted by atomic mass is 19.1. The summed E-state index contributed by atoms with van der Waals surface area (Å²) in [6, 6.07) is 17.5. The Kier molecular flexibility index (Phi) is 8.23. The fraction of sp³-hybridized carbons (Fsp3) is 0.235. The molecule has 1 aliphatic rings. The van der Waals surface area contributed by atoms with Gasteiger partial charge in [-0.3, -0.25) is 9.59 Å². The van der Waals surface area contributed by atoms with Gasteiger partial charge in [0.25, 0.3) is 11.8 Å². The molecule has 6 rings (SSSR count). The predicted molar refractivity (Wildman–Crippen MR) is 167 cm³/mol. The Hall–Kier alpha value is -5.25. The van der Waals surface area contributed by atoms with Gasteiger partial charge in [0.15, 0.2) is 0 Å². The summed E-state index contributed by atoms with van der Waals surface area (Å²) in [5, 5.41) is 10.0. The normalized spacial score (nSPS) is 12.7. The molecule has 3 aromatic heterocycles. The van der Waals surface area contributed by atoms with E-state index < -0.39 is 0 Å². The van der Waals surface area contributed by atoms with Crippen LogP contribution in [0.1, 0.15) is 58.5 Å². The molecule has 0 radical (unpaired) electrons. The number of carbonyl (C=O) groups excluding carboxylic acids is 2. The van der Waals surface area contributed by atoms with Gasteiger partial charge >= 0.3 is 0 Å². The van der Waals surface area contributed by atoms with Crippen molar-refractivity contribution in [1.29, 1.82) is 0 Å². The maximum absolute atomic E-state index is 13.2. The zero-order valence-corrected chi connectivity index (χ0v) is 24.5. The molecule has 4 N–H and O–H groups in total. The number of H-pyrrole nitrogens is 1. The van der Waals surface area contributed by atoms with Gasteiger partial charge in [0.05, 0.1) is 17.2 Å². The minimum atomic E-state index is -0.327. The second-order valence-corrected chi connectivity index (χ2v) is 11.2. The van der Waals surface area contributed by atoms with Crippen LogP contribution in [0.4, 0.5) is 10.2 Å². The number of nitrogens with one attached hydrogen (secondary N) is 4. The average Bonchev–Trinajstić information content (AvgIpc) is 3.73. The van der Waals surface area contributed by atoms with Crippen LogP contribution in [0, 0.1) is 5.82 Å². The van der Waals surface area contributed by atoms with Crippen LogP contribution in [0.25, 0.3) is 22.2 Å². The van der Waals surface area contributed by atoms with E-state index in [2.05, 4.69) is 30.9 Å². The maximum atomic E-state index is 13.2. The smallest absolute Gasteiger partial charge is 0.255 e. The van der Waals surface area contributed by atoms with Crippen molar-refractivity contribution >= 4 is 28.7 Å². The molecule has 0 aliphatic heterocycles. The van der Waals surface area contributed by atoms with Gasteiger partial charge in [0.2, 0.25) is 0 Å². The van der Waals surface area contributed by atoms with Crippen molar-refractivity contribution in [2.24, 2.45) is 0 Å². The van der Waals surface area contributed by atoms with Gasteiger partial charge in [0, 0.05) is 48.7 Å². The maximum Gasteiger partial charge on any atom is 0.255 e. The highest BCUT2D eigenvalue weighted by molar-refractivity contribution is 6.01. The molecule has 1 aliphatic carbocycles. The first-order valence-electron chi connectivity index (χ1n) is 14.6. The SMILES string of the molecule is CC(C)Oc1cc(CNc2ncccc2C(=O)NCc2ccc(F)cc2)cc(-c2c[nH]c3ncc(C(=O)NC4CC4)cc23)c1. The Morgan fingerprint density at radius 3 is 2.59 bits per heavy atom. The molecular weight excluding hydrogens is 559 g/mol. The lowest BCUT2D eigenvalue weighted by Gasteiger charge is -2.15. The van der Waals surface area contributed by atoms with E-state index >= 15 is 0 Å². The largest absolute Gasteiger partial charge is 0.491 e. The Bertz CT molecular complexity index is 1810. The quantitative estimate of drug-likeness (QED) is 0.150. The molecule has 10 heteroatoms. The zero-order valence-electron chi connectivity index (χ0n) is 24.5. The molecule has 0 atom stereocenters. The summed E-state index contributed by atoms with van der Waals surface area (Å²) >= 11 is 0. The number of fused-ring (bicyclic) bond motifs is 1. The Morgan fingerprint density at radius 2 is 1.82 bits per heavy atom. The molecule has 44 heavy (non-hydrogen) atoms. The minimum Gasteiger partial charge on any atom is -0.491 e. The lowest BCUT2D eigenvalue weighted by atomic mass is 10.0. The van der Waals surface area contributed by atoms with Gasteiger partial charge in [0.1, 0.15) is 23.0 Å². The van der Waals surface area contributed by atoms with Crippen molar-refractivity contribution in [2.45, 2.75) is 51.9 Å². The first kappa shape index (κ1) is 28.9. The molecule has 3 heterocycles. The van der Waals surface area contributed by atoms with Crippen LogP contribution < -0.4 is 20.7 Å². The molecule has 1 saturated carbocycles. The van der Waals surface area contributed by atoms with E-state index in [1.807, 2.05) is 44.3 Å². The fourth-order valence-corrected chi connectivity index (χ4v) is 4.92. The molecule has 2 aromatic carbocycles. The van der Waals surface area contributed by atoms with E-state index in [1.165, 1.54) is 12.1 Å². The van der Waals surface area contributed by atoms with Crippen molar-refractivity contribution in [3.05, 3.63) is 107 Å². The third-order valence-electron chi connectivity index (χ3n) is 7.23. The monoisotopic (exact) mass is 592 g/mol. The second-order valence-electron chi connectivity index (χ2n) is 11.2. The molecule has 5 aromatic rings. The summed E-state index contributed by atoms with van der Waals surface area (Å²) < 4.78 is 19.3. The van der Waals surface area contributed by atoms with Crippen molar-refractivity contribution in [1.82, 2.24) is 25.6 Å². The number of hydrogen-bond donors (Lipinski definition) is 4. The number of pyridine rings is 2. The number of aromatic amines is 1. The number of amides is 2. The molecule has 0 unspecified atom stereocenters. The second kappa shape index (κ2) is 12.5. The number of nitrogens with zero attached hydrogens (tertiary/aromatic N) is 2. The van der Waals surface area contributed by atoms with Gasteiger partial charge in [-0.15, -0.1) is 0 Å². The lowest BCUT2D eigenvalue weighted by Crippen LogP contribution is -2.25. The zero-order chi connectivity index (χ0) is 30.6. The number of benzene rings is 2. The standard InChI is InChI=1S/C34H33FN6O3/c1-20(2)44-27-13-22(17-37-31-28(4-3-11-36-31)34(43)40-16-21-5-7-25(35)8-6-21)12-23(14-27)30-19-39-32-29(30)15-24(18-38-32)33(42)41-26-9-10-26/h3-8,11-15,18-20,26H,9-10,16-17H2,1-2H3,(H,36,37)(H,38,39)(H,40,43)(H,41,42).